The van der Waals surface area contributed by atoms with Crippen LogP contribution >= 0.6 is 0 Å². The van der Waals surface area contributed by atoms with Gasteiger partial charge in [-0.25, -0.2) is 4.39 Å². The van der Waals surface area contributed by atoms with Crippen LogP contribution < -0.4 is 4.90 Å². The molecular formula is C20H18FN3O2. The zero-order valence-electron chi connectivity index (χ0n) is 14.6. The summed E-state index contributed by atoms with van der Waals surface area (Å²) < 4.78 is 19.2. The van der Waals surface area contributed by atoms with Crippen molar-refractivity contribution < 1.29 is 13.7 Å². The molecule has 1 fully saturated rings. The molecule has 0 radical (unpaired) electrons. The average Bonchev–Trinajstić information content (AvgIpc) is 3.25. The standard InChI is InChI=1S/C20H18FN3O2/c1-12-6-3-4-7-15(12)20-22-19(23-26-20)14-10-18(25)24(11-14)17-9-5-8-16(21)13(17)2/h3-9,14H,10-11H2,1-2H3. The number of nitrogens with zero attached hydrogens (tertiary/aromatic N) is 3. The molecule has 1 unspecified atom stereocenters. The summed E-state index contributed by atoms with van der Waals surface area (Å²) in [6.45, 7) is 4.07. The Morgan fingerprint density at radius 3 is 2.77 bits per heavy atom. The number of anilines is 1. The van der Waals surface area contributed by atoms with E-state index in [9.17, 15) is 9.18 Å². The van der Waals surface area contributed by atoms with Gasteiger partial charge in [-0.15, -0.1) is 0 Å². The topological polar surface area (TPSA) is 59.2 Å². The van der Waals surface area contributed by atoms with Crippen molar-refractivity contribution >= 4 is 11.6 Å². The molecule has 1 aliphatic heterocycles. The van der Waals surface area contributed by atoms with Crippen LogP contribution in [0.3, 0.4) is 0 Å². The van der Waals surface area contributed by atoms with E-state index in [0.29, 0.717) is 29.5 Å². The summed E-state index contributed by atoms with van der Waals surface area (Å²) >= 11 is 0. The van der Waals surface area contributed by atoms with Crippen LogP contribution in [0.4, 0.5) is 10.1 Å². The molecule has 1 amide bonds. The van der Waals surface area contributed by atoms with Crippen LogP contribution in [-0.2, 0) is 4.79 Å². The second-order valence-corrected chi connectivity index (χ2v) is 6.56. The second-order valence-electron chi connectivity index (χ2n) is 6.56. The van der Waals surface area contributed by atoms with Gasteiger partial charge in [-0.05, 0) is 37.6 Å². The normalized spacial score (nSPS) is 17.1. The number of amides is 1. The van der Waals surface area contributed by atoms with Crippen LogP contribution in [0.1, 0.15) is 29.3 Å². The Bertz CT molecular complexity index is 983. The zero-order chi connectivity index (χ0) is 18.3. The number of carbonyl (C=O) groups excluding carboxylic acids is 1. The van der Waals surface area contributed by atoms with Crippen LogP contribution in [0.15, 0.2) is 47.0 Å². The number of benzene rings is 2. The fourth-order valence-corrected chi connectivity index (χ4v) is 3.32. The van der Waals surface area contributed by atoms with Crippen molar-refractivity contribution in [2.45, 2.75) is 26.2 Å². The molecule has 6 heteroatoms. The number of rotatable bonds is 3. The highest BCUT2D eigenvalue weighted by atomic mass is 19.1. The maximum absolute atomic E-state index is 13.8. The van der Waals surface area contributed by atoms with Crippen LogP contribution in [0.25, 0.3) is 11.5 Å². The molecule has 4 rings (SSSR count). The Hall–Kier alpha value is -3.02. The molecule has 0 aliphatic carbocycles. The molecular weight excluding hydrogens is 333 g/mol. The van der Waals surface area contributed by atoms with Crippen molar-refractivity contribution in [1.82, 2.24) is 10.1 Å². The monoisotopic (exact) mass is 351 g/mol. The largest absolute Gasteiger partial charge is 0.334 e. The smallest absolute Gasteiger partial charge is 0.258 e. The molecule has 0 bridgehead atoms. The molecule has 0 saturated carbocycles. The third-order valence-electron chi connectivity index (χ3n) is 4.84. The summed E-state index contributed by atoms with van der Waals surface area (Å²) in [5.74, 6) is 0.400. The van der Waals surface area contributed by atoms with E-state index in [2.05, 4.69) is 10.1 Å². The van der Waals surface area contributed by atoms with Gasteiger partial charge in [0, 0.05) is 35.7 Å². The summed E-state index contributed by atoms with van der Waals surface area (Å²) in [5, 5.41) is 4.08. The lowest BCUT2D eigenvalue weighted by molar-refractivity contribution is -0.117. The van der Waals surface area contributed by atoms with E-state index in [1.165, 1.54) is 6.07 Å². The number of aromatic nitrogens is 2. The molecule has 2 heterocycles. The van der Waals surface area contributed by atoms with E-state index in [-0.39, 0.29) is 24.1 Å². The molecule has 132 valence electrons. The third-order valence-corrected chi connectivity index (χ3v) is 4.84. The summed E-state index contributed by atoms with van der Waals surface area (Å²) in [4.78, 5) is 18.6. The summed E-state index contributed by atoms with van der Waals surface area (Å²) in [6.07, 6.45) is 0.280. The van der Waals surface area contributed by atoms with E-state index in [4.69, 9.17) is 4.52 Å². The fourth-order valence-electron chi connectivity index (χ4n) is 3.32. The Labute approximate surface area is 150 Å². The molecule has 1 saturated heterocycles. The Kier molecular flexibility index (Phi) is 4.03. The van der Waals surface area contributed by atoms with Crippen LogP contribution in [-0.4, -0.2) is 22.6 Å². The van der Waals surface area contributed by atoms with Crippen molar-refractivity contribution in [3.8, 4) is 11.5 Å². The van der Waals surface area contributed by atoms with E-state index >= 15 is 0 Å². The van der Waals surface area contributed by atoms with Gasteiger partial charge in [0.15, 0.2) is 5.82 Å². The summed E-state index contributed by atoms with van der Waals surface area (Å²) in [6, 6.07) is 12.5. The molecule has 1 atom stereocenters. The molecule has 0 spiro atoms. The molecule has 5 nitrogen and oxygen atoms in total. The highest BCUT2D eigenvalue weighted by molar-refractivity contribution is 5.97. The lowest BCUT2D eigenvalue weighted by Gasteiger charge is -2.18. The first-order valence-corrected chi connectivity index (χ1v) is 8.49. The minimum atomic E-state index is -0.319. The van der Waals surface area contributed by atoms with Gasteiger partial charge in [-0.2, -0.15) is 4.98 Å². The Morgan fingerprint density at radius 1 is 1.15 bits per heavy atom. The van der Waals surface area contributed by atoms with Gasteiger partial charge in [0.2, 0.25) is 5.91 Å². The lowest BCUT2D eigenvalue weighted by Crippen LogP contribution is -2.25. The van der Waals surface area contributed by atoms with Gasteiger partial charge in [0.1, 0.15) is 5.82 Å². The second kappa shape index (κ2) is 6.37. The minimum Gasteiger partial charge on any atom is -0.334 e. The van der Waals surface area contributed by atoms with E-state index < -0.39 is 0 Å². The van der Waals surface area contributed by atoms with Crippen molar-refractivity contribution in [3.05, 3.63) is 65.2 Å². The maximum atomic E-state index is 13.8. The molecule has 26 heavy (non-hydrogen) atoms. The van der Waals surface area contributed by atoms with Crippen LogP contribution in [0, 0.1) is 19.7 Å². The molecule has 1 aliphatic rings. The van der Waals surface area contributed by atoms with Crippen molar-refractivity contribution in [3.63, 3.8) is 0 Å². The van der Waals surface area contributed by atoms with Crippen LogP contribution in [0.5, 0.6) is 0 Å². The first kappa shape index (κ1) is 16.4. The fraction of sp³-hybridized carbons (Fsp3) is 0.250. The van der Waals surface area contributed by atoms with Gasteiger partial charge in [-0.3, -0.25) is 4.79 Å². The lowest BCUT2D eigenvalue weighted by atomic mass is 10.1. The van der Waals surface area contributed by atoms with Gasteiger partial charge in [0.05, 0.1) is 0 Å². The van der Waals surface area contributed by atoms with E-state index in [0.717, 1.165) is 11.1 Å². The van der Waals surface area contributed by atoms with Gasteiger partial charge in [-0.1, -0.05) is 29.4 Å². The first-order chi connectivity index (χ1) is 12.5. The Balaban J connectivity index is 1.60. The third kappa shape index (κ3) is 2.77. The summed E-state index contributed by atoms with van der Waals surface area (Å²) in [7, 11) is 0. The number of hydrogen-bond donors (Lipinski definition) is 0. The molecule has 3 aromatic rings. The van der Waals surface area contributed by atoms with Crippen LogP contribution in [0.2, 0.25) is 0 Å². The number of aryl methyl sites for hydroxylation is 1. The van der Waals surface area contributed by atoms with E-state index in [1.807, 2.05) is 31.2 Å². The number of carbonyl (C=O) groups is 1. The molecule has 2 aromatic carbocycles. The van der Waals surface area contributed by atoms with Crippen molar-refractivity contribution in [2.24, 2.45) is 0 Å². The Morgan fingerprint density at radius 2 is 1.96 bits per heavy atom. The number of hydrogen-bond acceptors (Lipinski definition) is 4. The summed E-state index contributed by atoms with van der Waals surface area (Å²) in [5.41, 5.74) is 2.99. The minimum absolute atomic E-state index is 0.0639. The van der Waals surface area contributed by atoms with E-state index in [1.54, 1.807) is 24.0 Å². The molecule has 0 N–H and O–H groups in total. The van der Waals surface area contributed by atoms with Gasteiger partial charge >= 0.3 is 0 Å². The quantitative estimate of drug-likeness (QED) is 0.715. The average molecular weight is 351 g/mol. The molecule has 1 aromatic heterocycles. The SMILES string of the molecule is Cc1ccccc1-c1nc(C2CC(=O)N(c3cccc(F)c3C)C2)no1. The maximum Gasteiger partial charge on any atom is 0.258 e. The van der Waals surface area contributed by atoms with Crippen molar-refractivity contribution in [2.75, 3.05) is 11.4 Å². The van der Waals surface area contributed by atoms with Crippen molar-refractivity contribution in [1.29, 1.82) is 0 Å². The predicted octanol–water partition coefficient (Wildman–Crippen LogP) is 4.01. The number of halogens is 1. The highest BCUT2D eigenvalue weighted by Crippen LogP contribution is 2.33. The predicted molar refractivity (Wildman–Crippen MR) is 95.3 cm³/mol. The van der Waals surface area contributed by atoms with Gasteiger partial charge in [0.25, 0.3) is 5.89 Å². The first-order valence-electron chi connectivity index (χ1n) is 8.49. The van der Waals surface area contributed by atoms with Gasteiger partial charge < -0.3 is 9.42 Å². The zero-order valence-corrected chi connectivity index (χ0v) is 14.6. The highest BCUT2D eigenvalue weighted by Gasteiger charge is 2.35.